The summed E-state index contributed by atoms with van der Waals surface area (Å²) in [6, 6.07) is 15.3. The summed E-state index contributed by atoms with van der Waals surface area (Å²) in [6.45, 7) is 0. The highest BCUT2D eigenvalue weighted by Crippen LogP contribution is 2.32. The zero-order valence-electron chi connectivity index (χ0n) is 14.7. The third kappa shape index (κ3) is 4.37. The molecule has 0 unspecified atom stereocenters. The zero-order valence-corrected chi connectivity index (χ0v) is 16.3. The largest absolute Gasteiger partial charge is 0.296 e. The number of carbonyl (C=O) groups excluding carboxylic acids is 1. The molecule has 3 aromatic rings. The SMILES string of the molecule is O=C(Nc1nnc(-c2cccc(Cl)c2)s1)c1ccc(C2CC[CH]CC2)cc1. The number of amides is 1. The maximum atomic E-state index is 12.5. The van der Waals surface area contributed by atoms with Crippen molar-refractivity contribution in [2.24, 2.45) is 0 Å². The molecular formula is C21H19ClN3OS. The lowest BCUT2D eigenvalue weighted by Gasteiger charge is -2.21. The molecule has 2 aromatic carbocycles. The molecule has 0 atom stereocenters. The van der Waals surface area contributed by atoms with Crippen LogP contribution in [0, 0.1) is 6.42 Å². The first-order valence-corrected chi connectivity index (χ1v) is 10.2. The lowest BCUT2D eigenvalue weighted by Crippen LogP contribution is -2.12. The van der Waals surface area contributed by atoms with E-state index in [-0.39, 0.29) is 5.91 Å². The Balaban J connectivity index is 1.43. The zero-order chi connectivity index (χ0) is 18.6. The lowest BCUT2D eigenvalue weighted by atomic mass is 9.84. The van der Waals surface area contributed by atoms with Crippen molar-refractivity contribution in [3.63, 3.8) is 0 Å². The third-order valence-electron chi connectivity index (χ3n) is 4.80. The summed E-state index contributed by atoms with van der Waals surface area (Å²) in [5, 5.41) is 12.9. The molecular weight excluding hydrogens is 378 g/mol. The first kappa shape index (κ1) is 18.1. The topological polar surface area (TPSA) is 54.9 Å². The molecule has 1 saturated carbocycles. The summed E-state index contributed by atoms with van der Waals surface area (Å²) in [7, 11) is 0. The van der Waals surface area contributed by atoms with Gasteiger partial charge in [0, 0.05) is 16.1 Å². The van der Waals surface area contributed by atoms with Crippen molar-refractivity contribution in [1.82, 2.24) is 10.2 Å². The summed E-state index contributed by atoms with van der Waals surface area (Å²) in [5.74, 6) is 0.433. The van der Waals surface area contributed by atoms with Crippen LogP contribution in [0.4, 0.5) is 5.13 Å². The second-order valence-electron chi connectivity index (χ2n) is 6.64. The van der Waals surface area contributed by atoms with Crippen LogP contribution < -0.4 is 5.32 Å². The van der Waals surface area contributed by atoms with E-state index >= 15 is 0 Å². The van der Waals surface area contributed by atoms with Gasteiger partial charge >= 0.3 is 0 Å². The Morgan fingerprint density at radius 2 is 1.85 bits per heavy atom. The van der Waals surface area contributed by atoms with Crippen LogP contribution in [0.1, 0.15) is 47.5 Å². The average molecular weight is 397 g/mol. The molecule has 6 heteroatoms. The van der Waals surface area contributed by atoms with Crippen molar-refractivity contribution in [2.45, 2.75) is 31.6 Å². The average Bonchev–Trinajstić information content (AvgIpc) is 3.17. The van der Waals surface area contributed by atoms with E-state index < -0.39 is 0 Å². The Hall–Kier alpha value is -2.24. The number of hydrogen-bond donors (Lipinski definition) is 1. The monoisotopic (exact) mass is 396 g/mol. The van der Waals surface area contributed by atoms with Gasteiger partial charge in [0.05, 0.1) is 0 Å². The molecule has 0 spiro atoms. The van der Waals surface area contributed by atoms with Crippen molar-refractivity contribution in [3.8, 4) is 10.6 Å². The Bertz CT molecular complexity index is 933. The minimum atomic E-state index is -0.174. The van der Waals surface area contributed by atoms with Gasteiger partial charge in [-0.05, 0) is 67.9 Å². The highest BCUT2D eigenvalue weighted by Gasteiger charge is 2.16. The maximum absolute atomic E-state index is 12.5. The van der Waals surface area contributed by atoms with Crippen LogP contribution >= 0.6 is 22.9 Å². The van der Waals surface area contributed by atoms with Crippen LogP contribution in [0.5, 0.6) is 0 Å². The van der Waals surface area contributed by atoms with Crippen molar-refractivity contribution < 1.29 is 4.79 Å². The Labute approximate surface area is 167 Å². The summed E-state index contributed by atoms with van der Waals surface area (Å²) >= 11 is 7.35. The molecule has 0 aliphatic heterocycles. The molecule has 27 heavy (non-hydrogen) atoms. The molecule has 0 bridgehead atoms. The van der Waals surface area contributed by atoms with Crippen molar-refractivity contribution >= 4 is 34.0 Å². The predicted molar refractivity (Wildman–Crippen MR) is 110 cm³/mol. The fourth-order valence-corrected chi connectivity index (χ4v) is 4.27. The number of carbonyl (C=O) groups is 1. The van der Waals surface area contributed by atoms with Gasteiger partial charge in [0.25, 0.3) is 5.91 Å². The second-order valence-corrected chi connectivity index (χ2v) is 8.05. The van der Waals surface area contributed by atoms with E-state index in [1.54, 1.807) is 0 Å². The van der Waals surface area contributed by atoms with Gasteiger partial charge in [0.15, 0.2) is 0 Å². The van der Waals surface area contributed by atoms with E-state index in [1.807, 2.05) is 36.4 Å². The molecule has 4 rings (SSSR count). The van der Waals surface area contributed by atoms with Crippen LogP contribution in [-0.4, -0.2) is 16.1 Å². The number of benzene rings is 2. The highest BCUT2D eigenvalue weighted by molar-refractivity contribution is 7.18. The molecule has 1 amide bonds. The summed E-state index contributed by atoms with van der Waals surface area (Å²) in [6.07, 6.45) is 7.11. The number of halogens is 1. The predicted octanol–water partition coefficient (Wildman–Crippen LogP) is 5.97. The van der Waals surface area contributed by atoms with E-state index in [1.165, 1.54) is 42.6 Å². The van der Waals surface area contributed by atoms with Gasteiger partial charge in [0.1, 0.15) is 5.01 Å². The number of nitrogens with one attached hydrogen (secondary N) is 1. The maximum Gasteiger partial charge on any atom is 0.257 e. The van der Waals surface area contributed by atoms with E-state index in [9.17, 15) is 4.79 Å². The van der Waals surface area contributed by atoms with Gasteiger partial charge in [-0.2, -0.15) is 0 Å². The molecule has 1 N–H and O–H groups in total. The molecule has 4 nitrogen and oxygen atoms in total. The van der Waals surface area contributed by atoms with E-state index in [2.05, 4.69) is 34.1 Å². The molecule has 1 aliphatic rings. The Morgan fingerprint density at radius 3 is 2.59 bits per heavy atom. The second kappa shape index (κ2) is 8.19. The number of hydrogen-bond acceptors (Lipinski definition) is 4. The minimum absolute atomic E-state index is 0.174. The van der Waals surface area contributed by atoms with Gasteiger partial charge < -0.3 is 0 Å². The van der Waals surface area contributed by atoms with Crippen LogP contribution in [0.15, 0.2) is 48.5 Å². The van der Waals surface area contributed by atoms with E-state index in [0.717, 1.165) is 10.6 Å². The molecule has 137 valence electrons. The smallest absolute Gasteiger partial charge is 0.257 e. The van der Waals surface area contributed by atoms with E-state index in [0.29, 0.717) is 21.6 Å². The molecule has 1 aliphatic carbocycles. The molecule has 0 saturated heterocycles. The first-order chi connectivity index (χ1) is 13.2. The van der Waals surface area contributed by atoms with Crippen LogP contribution in [0.2, 0.25) is 5.02 Å². The summed E-state index contributed by atoms with van der Waals surface area (Å²) in [4.78, 5) is 12.5. The summed E-state index contributed by atoms with van der Waals surface area (Å²) < 4.78 is 0. The van der Waals surface area contributed by atoms with Crippen LogP contribution in [0.25, 0.3) is 10.6 Å². The van der Waals surface area contributed by atoms with Gasteiger partial charge in [0.2, 0.25) is 5.13 Å². The van der Waals surface area contributed by atoms with Gasteiger partial charge in [-0.3, -0.25) is 10.1 Å². The molecule has 1 fully saturated rings. The van der Waals surface area contributed by atoms with Gasteiger partial charge in [-0.25, -0.2) is 0 Å². The Morgan fingerprint density at radius 1 is 1.07 bits per heavy atom. The minimum Gasteiger partial charge on any atom is -0.296 e. The number of aromatic nitrogens is 2. The standard InChI is InChI=1S/C21H19ClN3OS/c22-18-8-4-7-17(13-18)20-24-25-21(27-20)23-19(26)16-11-9-15(10-12-16)14-5-2-1-3-6-14/h1,4,7-14H,2-3,5-6H2,(H,23,25,26). The lowest BCUT2D eigenvalue weighted by molar-refractivity contribution is 0.102. The molecule has 1 aromatic heterocycles. The van der Waals surface area contributed by atoms with Crippen molar-refractivity contribution in [1.29, 1.82) is 0 Å². The van der Waals surface area contributed by atoms with Crippen molar-refractivity contribution in [3.05, 3.63) is 71.1 Å². The quantitative estimate of drug-likeness (QED) is 0.590. The first-order valence-electron chi connectivity index (χ1n) is 9.01. The normalized spacial score (nSPS) is 14.9. The van der Waals surface area contributed by atoms with Crippen LogP contribution in [-0.2, 0) is 0 Å². The van der Waals surface area contributed by atoms with E-state index in [4.69, 9.17) is 11.6 Å². The number of nitrogens with zero attached hydrogens (tertiary/aromatic N) is 2. The van der Waals surface area contributed by atoms with Crippen molar-refractivity contribution in [2.75, 3.05) is 5.32 Å². The molecule has 1 heterocycles. The summed E-state index contributed by atoms with van der Waals surface area (Å²) in [5.41, 5.74) is 2.83. The number of anilines is 1. The Kier molecular flexibility index (Phi) is 5.50. The fourth-order valence-electron chi connectivity index (χ4n) is 3.35. The highest BCUT2D eigenvalue weighted by atomic mass is 35.5. The third-order valence-corrected chi connectivity index (χ3v) is 5.92. The van der Waals surface area contributed by atoms with Crippen LogP contribution in [0.3, 0.4) is 0 Å². The van der Waals surface area contributed by atoms with Gasteiger partial charge in [-0.1, -0.05) is 47.2 Å². The molecule has 1 radical (unpaired) electrons. The number of rotatable bonds is 4. The fraction of sp³-hybridized carbons (Fsp3) is 0.238. The van der Waals surface area contributed by atoms with Gasteiger partial charge in [-0.15, -0.1) is 10.2 Å².